The van der Waals surface area contributed by atoms with E-state index >= 15 is 0 Å². The topological polar surface area (TPSA) is 52.0 Å². The van der Waals surface area contributed by atoms with Gasteiger partial charge in [-0.3, -0.25) is 0 Å². The molecule has 0 heterocycles. The molecule has 2 saturated carbocycles. The molecule has 0 bridgehead atoms. The Morgan fingerprint density at radius 3 is 1.17 bits per heavy atom. The lowest BCUT2D eigenvalue weighted by atomic mass is 9.60. The largest absolute Gasteiger partial charge is 0.399 e. The molecule has 0 radical (unpaired) electrons. The van der Waals surface area contributed by atoms with Gasteiger partial charge >= 0.3 is 0 Å². The Bertz CT molecular complexity index is 1090. The molecule has 42 heavy (non-hydrogen) atoms. The van der Waals surface area contributed by atoms with Gasteiger partial charge in [-0.2, -0.15) is 0 Å². The van der Waals surface area contributed by atoms with Crippen molar-refractivity contribution in [1.29, 1.82) is 0 Å². The molecule has 2 heteroatoms. The van der Waals surface area contributed by atoms with Crippen molar-refractivity contribution < 1.29 is 0 Å². The molecule has 4 N–H and O–H groups in total. The molecule has 2 aliphatic carbocycles. The van der Waals surface area contributed by atoms with Gasteiger partial charge in [-0.15, -0.1) is 0 Å². The Morgan fingerprint density at radius 1 is 0.476 bits per heavy atom. The average Bonchev–Trinajstić information content (AvgIpc) is 2.98. The van der Waals surface area contributed by atoms with Crippen molar-refractivity contribution in [2.75, 3.05) is 0 Å². The highest BCUT2D eigenvalue weighted by atomic mass is 14.5. The van der Waals surface area contributed by atoms with Crippen molar-refractivity contribution in [2.24, 2.45) is 28.7 Å². The molecule has 0 aliphatic heterocycles. The van der Waals surface area contributed by atoms with Crippen LogP contribution < -0.4 is 11.5 Å². The molecule has 0 atom stereocenters. The summed E-state index contributed by atoms with van der Waals surface area (Å²) in [5, 5.41) is 0. The summed E-state index contributed by atoms with van der Waals surface area (Å²) >= 11 is 0. The van der Waals surface area contributed by atoms with Crippen LogP contribution in [0.1, 0.15) is 83.5 Å². The molecule has 2 nitrogen and oxygen atoms in total. The number of hydrogen-bond acceptors (Lipinski definition) is 2. The first-order valence-electron chi connectivity index (χ1n) is 15.6. The van der Waals surface area contributed by atoms with Crippen LogP contribution in [0.4, 0.5) is 0 Å². The summed E-state index contributed by atoms with van der Waals surface area (Å²) in [5.41, 5.74) is 18.6. The normalized spacial score (nSPS) is 18.1. The van der Waals surface area contributed by atoms with Crippen LogP contribution in [-0.2, 0) is 0 Å². The van der Waals surface area contributed by atoms with Crippen LogP contribution in [0, 0.1) is 17.3 Å². The van der Waals surface area contributed by atoms with E-state index in [0.29, 0.717) is 11.4 Å². The van der Waals surface area contributed by atoms with E-state index in [9.17, 15) is 0 Å². The SMILES string of the molecule is C=C(N)/C=C\C(=C)CCC(=C)/C=C\C(=C)C1(C(=C)/C=C\C(=C)CCC(=C)/C=C\C(=C)N)CCC(C2CCCCC2)CC1. The van der Waals surface area contributed by atoms with Crippen molar-refractivity contribution >= 4 is 0 Å². The van der Waals surface area contributed by atoms with Crippen LogP contribution in [0.15, 0.2) is 146 Å². The second-order valence-corrected chi connectivity index (χ2v) is 12.5. The summed E-state index contributed by atoms with van der Waals surface area (Å²) in [6.45, 7) is 33.4. The van der Waals surface area contributed by atoms with Crippen LogP contribution in [0.3, 0.4) is 0 Å². The third-order valence-corrected chi connectivity index (χ3v) is 9.07. The zero-order valence-electron chi connectivity index (χ0n) is 26.3. The van der Waals surface area contributed by atoms with E-state index in [0.717, 1.165) is 83.8 Å². The second-order valence-electron chi connectivity index (χ2n) is 12.5. The van der Waals surface area contributed by atoms with E-state index in [2.05, 4.69) is 76.9 Å². The summed E-state index contributed by atoms with van der Waals surface area (Å²) in [5.74, 6) is 1.71. The van der Waals surface area contributed by atoms with Gasteiger partial charge in [0, 0.05) is 16.8 Å². The lowest BCUT2D eigenvalue weighted by molar-refractivity contribution is 0.149. The van der Waals surface area contributed by atoms with E-state index in [-0.39, 0.29) is 5.41 Å². The summed E-state index contributed by atoms with van der Waals surface area (Å²) in [7, 11) is 0. The van der Waals surface area contributed by atoms with Gasteiger partial charge in [-0.1, -0.05) is 143 Å². The van der Waals surface area contributed by atoms with Gasteiger partial charge < -0.3 is 11.5 Å². The molecule has 0 aromatic heterocycles. The highest BCUT2D eigenvalue weighted by Gasteiger charge is 2.40. The van der Waals surface area contributed by atoms with Gasteiger partial charge in [-0.05, 0) is 86.5 Å². The standard InChI is InChI=1S/C40H56N2/c1-30(14-16-32(3)20-24-36(7)41)18-22-34(5)40(28-26-39(27-29-40)38-12-10-9-11-13-38)35(6)23-19-31(2)15-17-33(4)21-25-37(8)42/h18-25,38-39H,1-17,26-29,41-42H2/b22-18-,23-19-,24-20-,25-21-. The van der Waals surface area contributed by atoms with E-state index in [4.69, 9.17) is 11.5 Å². The summed E-state index contributed by atoms with van der Waals surface area (Å²) in [6, 6.07) is 0. The first-order valence-corrected chi connectivity index (χ1v) is 15.6. The monoisotopic (exact) mass is 564 g/mol. The Balaban J connectivity index is 2.10. The van der Waals surface area contributed by atoms with Crippen molar-refractivity contribution in [2.45, 2.75) is 83.5 Å². The molecule has 0 saturated heterocycles. The van der Waals surface area contributed by atoms with Gasteiger partial charge in [0.2, 0.25) is 0 Å². The second kappa shape index (κ2) is 17.4. The molecule has 2 aliphatic rings. The maximum atomic E-state index is 5.63. The Morgan fingerprint density at radius 2 is 0.810 bits per heavy atom. The lowest BCUT2D eigenvalue weighted by Gasteiger charge is -2.44. The molecule has 226 valence electrons. The molecule has 0 aromatic carbocycles. The minimum Gasteiger partial charge on any atom is -0.399 e. The predicted molar refractivity (Wildman–Crippen MR) is 187 cm³/mol. The number of nitrogens with two attached hydrogens (primary N) is 2. The third kappa shape index (κ3) is 11.8. The average molecular weight is 565 g/mol. The fraction of sp³-hybridized carbons (Fsp3) is 0.400. The van der Waals surface area contributed by atoms with Crippen LogP contribution in [0.5, 0.6) is 0 Å². The number of allylic oxidation sites excluding steroid dienone is 14. The number of rotatable bonds is 17. The summed E-state index contributed by atoms with van der Waals surface area (Å²) < 4.78 is 0. The Labute approximate surface area is 257 Å². The quantitative estimate of drug-likeness (QED) is 0.173. The van der Waals surface area contributed by atoms with Crippen molar-refractivity contribution in [3.8, 4) is 0 Å². The molecular weight excluding hydrogens is 508 g/mol. The lowest BCUT2D eigenvalue weighted by Crippen LogP contribution is -2.33. The van der Waals surface area contributed by atoms with E-state index < -0.39 is 0 Å². The van der Waals surface area contributed by atoms with Crippen LogP contribution >= 0.6 is 0 Å². The van der Waals surface area contributed by atoms with E-state index in [1.54, 1.807) is 12.2 Å². The van der Waals surface area contributed by atoms with E-state index in [1.165, 1.54) is 44.9 Å². The fourth-order valence-corrected chi connectivity index (χ4v) is 6.24. The van der Waals surface area contributed by atoms with Crippen molar-refractivity contribution in [3.05, 3.63) is 146 Å². The predicted octanol–water partition coefficient (Wildman–Crippen LogP) is 10.8. The highest BCUT2D eigenvalue weighted by molar-refractivity contribution is 5.42. The first-order chi connectivity index (χ1) is 19.9. The molecule has 2 fully saturated rings. The van der Waals surface area contributed by atoms with Crippen molar-refractivity contribution in [3.63, 3.8) is 0 Å². The summed E-state index contributed by atoms with van der Waals surface area (Å²) in [6.07, 6.45) is 31.0. The molecule has 0 aromatic rings. The highest BCUT2D eigenvalue weighted by Crippen LogP contribution is 2.52. The van der Waals surface area contributed by atoms with Crippen molar-refractivity contribution in [1.82, 2.24) is 0 Å². The summed E-state index contributed by atoms with van der Waals surface area (Å²) in [4.78, 5) is 0. The minimum atomic E-state index is -0.139. The molecule has 0 amide bonds. The van der Waals surface area contributed by atoms with Crippen LogP contribution in [0.25, 0.3) is 0 Å². The fourth-order valence-electron chi connectivity index (χ4n) is 6.24. The molecular formula is C40H56N2. The van der Waals surface area contributed by atoms with Gasteiger partial charge in [0.15, 0.2) is 0 Å². The number of hydrogen-bond donors (Lipinski definition) is 2. The zero-order valence-corrected chi connectivity index (χ0v) is 26.3. The van der Waals surface area contributed by atoms with Crippen LogP contribution in [-0.4, -0.2) is 0 Å². The Kier molecular flexibility index (Phi) is 14.4. The maximum Gasteiger partial charge on any atom is 0.0241 e. The minimum absolute atomic E-state index is 0.139. The van der Waals surface area contributed by atoms with E-state index in [1.807, 2.05) is 12.2 Å². The van der Waals surface area contributed by atoms with Gasteiger partial charge in [0.1, 0.15) is 0 Å². The third-order valence-electron chi connectivity index (χ3n) is 9.07. The molecule has 0 spiro atoms. The Hall–Kier alpha value is -3.52. The maximum absolute atomic E-state index is 5.63. The van der Waals surface area contributed by atoms with Crippen LogP contribution in [0.2, 0.25) is 0 Å². The smallest absolute Gasteiger partial charge is 0.0241 e. The van der Waals surface area contributed by atoms with Gasteiger partial charge in [0.25, 0.3) is 0 Å². The zero-order chi connectivity index (χ0) is 31.1. The van der Waals surface area contributed by atoms with Gasteiger partial charge in [-0.25, -0.2) is 0 Å². The first kappa shape index (κ1) is 34.7. The molecule has 2 rings (SSSR count). The molecule has 0 unspecified atom stereocenters. The van der Waals surface area contributed by atoms with Gasteiger partial charge in [0.05, 0.1) is 0 Å².